The summed E-state index contributed by atoms with van der Waals surface area (Å²) in [6.45, 7) is 7.95. The molecule has 1 heterocycles. The summed E-state index contributed by atoms with van der Waals surface area (Å²) in [5.41, 5.74) is -0.356. The van der Waals surface area contributed by atoms with Gasteiger partial charge >= 0.3 is 0 Å². The molecule has 20 heavy (non-hydrogen) atoms. The van der Waals surface area contributed by atoms with E-state index < -0.39 is 0 Å². The van der Waals surface area contributed by atoms with Crippen molar-refractivity contribution < 1.29 is 9.59 Å². The number of rotatable bonds is 4. The Morgan fingerprint density at radius 3 is 2.40 bits per heavy atom. The van der Waals surface area contributed by atoms with Crippen LogP contribution >= 0.6 is 0 Å². The van der Waals surface area contributed by atoms with Crippen molar-refractivity contribution in [1.82, 2.24) is 15.5 Å². The molecule has 2 aliphatic rings. The number of carbonyl (C=O) groups is 2. The molecule has 5 nitrogen and oxygen atoms in total. The first kappa shape index (κ1) is 15.3. The molecule has 1 aliphatic carbocycles. The van der Waals surface area contributed by atoms with Crippen LogP contribution in [-0.4, -0.2) is 48.4 Å². The summed E-state index contributed by atoms with van der Waals surface area (Å²) in [6, 6.07) is 0.591. The summed E-state index contributed by atoms with van der Waals surface area (Å²) in [4.78, 5) is 26.0. The van der Waals surface area contributed by atoms with E-state index in [1.165, 1.54) is 0 Å². The minimum Gasteiger partial charge on any atom is -0.352 e. The molecular formula is C15H27N3O2. The first-order valence-electron chi connectivity index (χ1n) is 7.67. The summed E-state index contributed by atoms with van der Waals surface area (Å²) in [6.07, 6.45) is 4.28. The molecule has 0 aromatic carbocycles. The Morgan fingerprint density at radius 1 is 1.10 bits per heavy atom. The van der Waals surface area contributed by atoms with Gasteiger partial charge in [-0.25, -0.2) is 0 Å². The molecule has 5 heteroatoms. The average molecular weight is 281 g/mol. The molecule has 1 unspecified atom stereocenters. The summed E-state index contributed by atoms with van der Waals surface area (Å²) >= 11 is 0. The SMILES string of the molecule is CC(C)(C)C(=O)NC1CCCN(CC(=O)NC2CC2)C1. The second kappa shape index (κ2) is 6.12. The van der Waals surface area contributed by atoms with Gasteiger partial charge in [-0.05, 0) is 32.2 Å². The van der Waals surface area contributed by atoms with Gasteiger partial charge < -0.3 is 10.6 Å². The Balaban J connectivity index is 1.76. The fourth-order valence-electron chi connectivity index (χ4n) is 2.42. The van der Waals surface area contributed by atoms with Crippen molar-refractivity contribution in [2.24, 2.45) is 5.41 Å². The van der Waals surface area contributed by atoms with E-state index in [0.717, 1.165) is 38.8 Å². The van der Waals surface area contributed by atoms with Gasteiger partial charge in [0.2, 0.25) is 11.8 Å². The lowest BCUT2D eigenvalue weighted by Gasteiger charge is -2.34. The van der Waals surface area contributed by atoms with Gasteiger partial charge in [0.05, 0.1) is 6.54 Å². The highest BCUT2D eigenvalue weighted by Gasteiger charge is 2.28. The average Bonchev–Trinajstić information content (AvgIpc) is 3.11. The van der Waals surface area contributed by atoms with E-state index in [1.807, 2.05) is 20.8 Å². The van der Waals surface area contributed by atoms with Crippen LogP contribution in [0.25, 0.3) is 0 Å². The van der Waals surface area contributed by atoms with Gasteiger partial charge in [-0.2, -0.15) is 0 Å². The van der Waals surface area contributed by atoms with Crippen LogP contribution < -0.4 is 10.6 Å². The van der Waals surface area contributed by atoms with Gasteiger partial charge in [0.1, 0.15) is 0 Å². The number of hydrogen-bond acceptors (Lipinski definition) is 3. The highest BCUT2D eigenvalue weighted by molar-refractivity contribution is 5.81. The standard InChI is InChI=1S/C15H27N3O2/c1-15(2,3)14(20)17-12-5-4-8-18(9-12)10-13(19)16-11-6-7-11/h11-12H,4-10H2,1-3H3,(H,16,19)(H,17,20). The van der Waals surface area contributed by atoms with Crippen molar-refractivity contribution in [2.75, 3.05) is 19.6 Å². The molecule has 0 aromatic rings. The van der Waals surface area contributed by atoms with Crippen LogP contribution in [0, 0.1) is 5.41 Å². The number of amides is 2. The molecule has 2 rings (SSSR count). The van der Waals surface area contributed by atoms with Crippen molar-refractivity contribution in [3.05, 3.63) is 0 Å². The molecule has 0 spiro atoms. The number of carbonyl (C=O) groups excluding carboxylic acids is 2. The van der Waals surface area contributed by atoms with E-state index in [0.29, 0.717) is 12.6 Å². The molecular weight excluding hydrogens is 254 g/mol. The van der Waals surface area contributed by atoms with Gasteiger partial charge in [0.25, 0.3) is 0 Å². The van der Waals surface area contributed by atoms with E-state index in [2.05, 4.69) is 15.5 Å². The molecule has 2 fully saturated rings. The maximum Gasteiger partial charge on any atom is 0.234 e. The lowest BCUT2D eigenvalue weighted by molar-refractivity contribution is -0.129. The number of hydrogen-bond donors (Lipinski definition) is 2. The second-order valence-corrected chi connectivity index (χ2v) is 7.14. The van der Waals surface area contributed by atoms with Gasteiger partial charge in [-0.3, -0.25) is 14.5 Å². The van der Waals surface area contributed by atoms with E-state index >= 15 is 0 Å². The lowest BCUT2D eigenvalue weighted by atomic mass is 9.94. The molecule has 0 bridgehead atoms. The molecule has 0 aromatic heterocycles. The van der Waals surface area contributed by atoms with Crippen molar-refractivity contribution >= 4 is 11.8 Å². The quantitative estimate of drug-likeness (QED) is 0.804. The lowest BCUT2D eigenvalue weighted by Crippen LogP contribution is -2.52. The number of nitrogens with zero attached hydrogens (tertiary/aromatic N) is 1. The number of nitrogens with one attached hydrogen (secondary N) is 2. The fourth-order valence-corrected chi connectivity index (χ4v) is 2.42. The molecule has 2 amide bonds. The third-order valence-corrected chi connectivity index (χ3v) is 3.83. The maximum atomic E-state index is 12.0. The van der Waals surface area contributed by atoms with Crippen molar-refractivity contribution in [1.29, 1.82) is 0 Å². The Bertz CT molecular complexity index is 372. The van der Waals surface area contributed by atoms with Gasteiger partial charge in [-0.15, -0.1) is 0 Å². The third kappa shape index (κ3) is 4.78. The molecule has 114 valence electrons. The topological polar surface area (TPSA) is 61.4 Å². The summed E-state index contributed by atoms with van der Waals surface area (Å²) in [5, 5.41) is 6.12. The zero-order valence-corrected chi connectivity index (χ0v) is 12.9. The van der Waals surface area contributed by atoms with Crippen LogP contribution in [0.15, 0.2) is 0 Å². The smallest absolute Gasteiger partial charge is 0.234 e. The zero-order valence-electron chi connectivity index (χ0n) is 12.9. The first-order valence-corrected chi connectivity index (χ1v) is 7.67. The highest BCUT2D eigenvalue weighted by Crippen LogP contribution is 2.19. The van der Waals surface area contributed by atoms with Crippen LogP contribution in [0.4, 0.5) is 0 Å². The first-order chi connectivity index (χ1) is 9.34. The van der Waals surface area contributed by atoms with Gasteiger partial charge in [-0.1, -0.05) is 20.8 Å². The maximum absolute atomic E-state index is 12.0. The van der Waals surface area contributed by atoms with Crippen molar-refractivity contribution in [2.45, 2.75) is 58.5 Å². The summed E-state index contributed by atoms with van der Waals surface area (Å²) < 4.78 is 0. The van der Waals surface area contributed by atoms with Crippen LogP contribution in [0.5, 0.6) is 0 Å². The van der Waals surface area contributed by atoms with Crippen LogP contribution in [0.1, 0.15) is 46.5 Å². The Hall–Kier alpha value is -1.10. The molecule has 1 saturated carbocycles. The predicted molar refractivity (Wildman–Crippen MR) is 78.2 cm³/mol. The minimum absolute atomic E-state index is 0.0896. The van der Waals surface area contributed by atoms with Crippen molar-refractivity contribution in [3.8, 4) is 0 Å². The molecule has 1 aliphatic heterocycles. The van der Waals surface area contributed by atoms with E-state index in [-0.39, 0.29) is 23.3 Å². The van der Waals surface area contributed by atoms with Crippen molar-refractivity contribution in [3.63, 3.8) is 0 Å². The predicted octanol–water partition coefficient (Wildman–Crippen LogP) is 0.892. The number of piperidine rings is 1. The zero-order chi connectivity index (χ0) is 14.8. The fraction of sp³-hybridized carbons (Fsp3) is 0.867. The minimum atomic E-state index is -0.356. The molecule has 1 saturated heterocycles. The monoisotopic (exact) mass is 281 g/mol. The Kier molecular flexibility index (Phi) is 4.68. The second-order valence-electron chi connectivity index (χ2n) is 7.14. The summed E-state index contributed by atoms with van der Waals surface area (Å²) in [7, 11) is 0. The summed E-state index contributed by atoms with van der Waals surface area (Å²) in [5.74, 6) is 0.210. The normalized spacial score (nSPS) is 24.2. The molecule has 1 atom stereocenters. The van der Waals surface area contributed by atoms with Gasteiger partial charge in [0, 0.05) is 24.0 Å². The van der Waals surface area contributed by atoms with Crippen LogP contribution in [0.2, 0.25) is 0 Å². The Morgan fingerprint density at radius 2 is 1.80 bits per heavy atom. The third-order valence-electron chi connectivity index (χ3n) is 3.83. The largest absolute Gasteiger partial charge is 0.352 e. The van der Waals surface area contributed by atoms with E-state index in [4.69, 9.17) is 0 Å². The Labute approximate surface area is 121 Å². The van der Waals surface area contributed by atoms with Gasteiger partial charge in [0.15, 0.2) is 0 Å². The van der Waals surface area contributed by atoms with E-state index in [9.17, 15) is 9.59 Å². The molecule has 2 N–H and O–H groups in total. The van der Waals surface area contributed by atoms with Crippen LogP contribution in [0.3, 0.4) is 0 Å². The van der Waals surface area contributed by atoms with E-state index in [1.54, 1.807) is 0 Å². The molecule has 0 radical (unpaired) electrons. The highest BCUT2D eigenvalue weighted by atomic mass is 16.2. The van der Waals surface area contributed by atoms with Crippen LogP contribution in [-0.2, 0) is 9.59 Å². The number of likely N-dealkylation sites (tertiary alicyclic amines) is 1.